The van der Waals surface area contributed by atoms with Crippen LogP contribution in [0.25, 0.3) is 0 Å². The van der Waals surface area contributed by atoms with Gasteiger partial charge in [-0.1, -0.05) is 6.07 Å². The number of nitrogens with two attached hydrogens (primary N) is 1. The molecule has 0 atom stereocenters. The maximum absolute atomic E-state index is 13.2. The highest BCUT2D eigenvalue weighted by Crippen LogP contribution is 2.35. The Morgan fingerprint density at radius 1 is 1.40 bits per heavy atom. The number of halogens is 2. The van der Waals surface area contributed by atoms with E-state index in [-0.39, 0.29) is 17.9 Å². The molecule has 0 aliphatic heterocycles. The van der Waals surface area contributed by atoms with E-state index >= 15 is 0 Å². The van der Waals surface area contributed by atoms with Crippen LogP contribution in [0.5, 0.6) is 5.75 Å². The molecule has 5 heteroatoms. The number of alkyl halides is 2. The van der Waals surface area contributed by atoms with E-state index < -0.39 is 5.92 Å². The van der Waals surface area contributed by atoms with Crippen molar-refractivity contribution in [3.63, 3.8) is 0 Å². The summed E-state index contributed by atoms with van der Waals surface area (Å²) in [7, 11) is 1.35. The molecular formula is C10H13F2NO2. The monoisotopic (exact) mass is 217 g/mol. The third kappa shape index (κ3) is 2.87. The molecule has 0 radical (unpaired) electrons. The van der Waals surface area contributed by atoms with E-state index in [9.17, 15) is 8.78 Å². The first-order valence-corrected chi connectivity index (χ1v) is 4.36. The summed E-state index contributed by atoms with van der Waals surface area (Å²) in [6.07, 6.45) is 0. The zero-order valence-corrected chi connectivity index (χ0v) is 8.59. The number of ether oxygens (including phenoxy) is 1. The zero-order valence-electron chi connectivity index (χ0n) is 8.59. The Morgan fingerprint density at radius 3 is 2.53 bits per heavy atom. The highest BCUT2D eigenvalue weighted by molar-refractivity contribution is 5.39. The molecule has 1 aromatic carbocycles. The van der Waals surface area contributed by atoms with Gasteiger partial charge in [0.2, 0.25) is 0 Å². The summed E-state index contributed by atoms with van der Waals surface area (Å²) >= 11 is 0. The lowest BCUT2D eigenvalue weighted by atomic mass is 10.1. The fraction of sp³-hybridized carbons (Fsp3) is 0.400. The van der Waals surface area contributed by atoms with Crippen LogP contribution in [-0.4, -0.2) is 7.11 Å². The van der Waals surface area contributed by atoms with Crippen LogP contribution in [0, 0.1) is 0 Å². The Balaban J connectivity index is 3.13. The quantitative estimate of drug-likeness (QED) is 0.786. The Hall–Kier alpha value is -1.20. The molecule has 0 spiro atoms. The first-order chi connectivity index (χ1) is 6.99. The zero-order chi connectivity index (χ0) is 11.5. The molecule has 0 aliphatic carbocycles. The highest BCUT2D eigenvalue weighted by Gasteiger charge is 2.28. The third-order valence-electron chi connectivity index (χ3n) is 1.99. The van der Waals surface area contributed by atoms with Gasteiger partial charge in [-0.3, -0.25) is 4.84 Å². The second kappa shape index (κ2) is 4.55. The normalized spacial score (nSPS) is 11.5. The summed E-state index contributed by atoms with van der Waals surface area (Å²) in [4.78, 5) is 4.38. The number of benzene rings is 1. The summed E-state index contributed by atoms with van der Waals surface area (Å²) in [5, 5.41) is 0. The molecule has 84 valence electrons. The van der Waals surface area contributed by atoms with Crippen molar-refractivity contribution in [3.8, 4) is 5.75 Å². The van der Waals surface area contributed by atoms with Crippen molar-refractivity contribution >= 4 is 0 Å². The minimum atomic E-state index is -2.95. The predicted molar refractivity (Wildman–Crippen MR) is 51.5 cm³/mol. The van der Waals surface area contributed by atoms with Crippen molar-refractivity contribution in [1.29, 1.82) is 0 Å². The van der Waals surface area contributed by atoms with Gasteiger partial charge in [-0.05, 0) is 17.7 Å². The summed E-state index contributed by atoms with van der Waals surface area (Å²) in [6, 6.07) is 4.42. The van der Waals surface area contributed by atoms with E-state index in [4.69, 9.17) is 10.6 Å². The minimum absolute atomic E-state index is 0.0904. The lowest BCUT2D eigenvalue weighted by Crippen LogP contribution is -2.10. The average Bonchev–Trinajstić information content (AvgIpc) is 2.17. The van der Waals surface area contributed by atoms with E-state index in [1.165, 1.54) is 19.2 Å². The summed E-state index contributed by atoms with van der Waals surface area (Å²) in [5.41, 5.74) is 0.411. The van der Waals surface area contributed by atoms with Gasteiger partial charge < -0.3 is 4.74 Å². The Kier molecular flexibility index (Phi) is 3.60. The molecule has 0 amide bonds. The molecule has 0 fully saturated rings. The molecular weight excluding hydrogens is 204 g/mol. The second-order valence-corrected chi connectivity index (χ2v) is 3.23. The van der Waals surface area contributed by atoms with Gasteiger partial charge in [0.25, 0.3) is 5.92 Å². The molecule has 0 unspecified atom stereocenters. The van der Waals surface area contributed by atoms with Crippen LogP contribution in [0.3, 0.4) is 0 Å². The maximum Gasteiger partial charge on any atom is 0.274 e. The smallest absolute Gasteiger partial charge is 0.274 e. The molecule has 15 heavy (non-hydrogen) atoms. The summed E-state index contributed by atoms with van der Waals surface area (Å²) in [6.45, 7) is 0.908. The van der Waals surface area contributed by atoms with Crippen molar-refractivity contribution in [3.05, 3.63) is 29.3 Å². The van der Waals surface area contributed by atoms with E-state index in [0.29, 0.717) is 5.56 Å². The van der Waals surface area contributed by atoms with E-state index in [1.807, 2.05) is 0 Å². The van der Waals surface area contributed by atoms with Gasteiger partial charge in [-0.15, -0.1) is 0 Å². The minimum Gasteiger partial charge on any atom is -0.496 e. The number of rotatable bonds is 4. The van der Waals surface area contributed by atoms with Gasteiger partial charge in [-0.25, -0.2) is 14.7 Å². The largest absolute Gasteiger partial charge is 0.496 e. The van der Waals surface area contributed by atoms with Crippen LogP contribution >= 0.6 is 0 Å². The number of hydrogen-bond acceptors (Lipinski definition) is 3. The molecule has 1 aromatic rings. The molecule has 1 rings (SSSR count). The average molecular weight is 217 g/mol. The first-order valence-electron chi connectivity index (χ1n) is 4.36. The van der Waals surface area contributed by atoms with E-state index in [0.717, 1.165) is 6.92 Å². The standard InChI is InChI=1S/C10H13F2NO2/c1-10(11,12)8-5-7(6-15-13)3-4-9(8)14-2/h3-5H,6,13H2,1-2H3. The van der Waals surface area contributed by atoms with Crippen LogP contribution in [-0.2, 0) is 17.4 Å². The topological polar surface area (TPSA) is 44.5 Å². The van der Waals surface area contributed by atoms with Crippen molar-refractivity contribution in [2.45, 2.75) is 19.5 Å². The van der Waals surface area contributed by atoms with Crippen LogP contribution in [0.2, 0.25) is 0 Å². The molecule has 0 aliphatic rings. The number of hydrogen-bond donors (Lipinski definition) is 1. The van der Waals surface area contributed by atoms with E-state index in [1.54, 1.807) is 6.07 Å². The third-order valence-corrected chi connectivity index (χ3v) is 1.99. The van der Waals surface area contributed by atoms with Crippen LogP contribution in [0.1, 0.15) is 18.1 Å². The fourth-order valence-corrected chi connectivity index (χ4v) is 1.28. The fourth-order valence-electron chi connectivity index (χ4n) is 1.28. The van der Waals surface area contributed by atoms with Gasteiger partial charge >= 0.3 is 0 Å². The molecule has 2 N–H and O–H groups in total. The number of methoxy groups -OCH3 is 1. The van der Waals surface area contributed by atoms with Crippen LogP contribution in [0.4, 0.5) is 8.78 Å². The van der Waals surface area contributed by atoms with Gasteiger partial charge in [0.15, 0.2) is 0 Å². The SMILES string of the molecule is COc1ccc(CON)cc1C(C)(F)F. The summed E-state index contributed by atoms with van der Waals surface area (Å²) in [5.74, 6) is 2.08. The predicted octanol–water partition coefficient (Wildman–Crippen LogP) is 2.20. The lowest BCUT2D eigenvalue weighted by Gasteiger charge is -2.15. The Morgan fingerprint density at radius 2 is 2.07 bits per heavy atom. The summed E-state index contributed by atoms with van der Waals surface area (Å²) < 4.78 is 31.2. The first kappa shape index (κ1) is 11.9. The van der Waals surface area contributed by atoms with Gasteiger partial charge in [0.05, 0.1) is 19.3 Å². The maximum atomic E-state index is 13.2. The molecule has 0 saturated heterocycles. The Labute approximate surface area is 86.7 Å². The Bertz CT molecular complexity index is 337. The van der Waals surface area contributed by atoms with Crippen molar-refractivity contribution in [2.75, 3.05) is 7.11 Å². The van der Waals surface area contributed by atoms with Crippen molar-refractivity contribution in [1.82, 2.24) is 0 Å². The lowest BCUT2D eigenvalue weighted by molar-refractivity contribution is 0.0148. The van der Waals surface area contributed by atoms with Crippen molar-refractivity contribution < 1.29 is 18.4 Å². The molecule has 0 heterocycles. The molecule has 0 saturated carbocycles. The van der Waals surface area contributed by atoms with Crippen LogP contribution < -0.4 is 10.6 Å². The van der Waals surface area contributed by atoms with Gasteiger partial charge in [0, 0.05) is 6.92 Å². The molecule has 3 nitrogen and oxygen atoms in total. The van der Waals surface area contributed by atoms with Gasteiger partial charge in [0.1, 0.15) is 5.75 Å². The van der Waals surface area contributed by atoms with Crippen LogP contribution in [0.15, 0.2) is 18.2 Å². The van der Waals surface area contributed by atoms with Gasteiger partial charge in [-0.2, -0.15) is 0 Å². The molecule has 0 aromatic heterocycles. The van der Waals surface area contributed by atoms with Crippen molar-refractivity contribution in [2.24, 2.45) is 5.90 Å². The van der Waals surface area contributed by atoms with E-state index in [2.05, 4.69) is 4.84 Å². The molecule has 0 bridgehead atoms. The highest BCUT2D eigenvalue weighted by atomic mass is 19.3. The second-order valence-electron chi connectivity index (χ2n) is 3.23.